The summed E-state index contributed by atoms with van der Waals surface area (Å²) >= 11 is 0. The van der Waals surface area contributed by atoms with Crippen LogP contribution in [0.5, 0.6) is 0 Å². The van der Waals surface area contributed by atoms with Gasteiger partial charge in [0.15, 0.2) is 0 Å². The molecule has 0 aromatic carbocycles. The number of nitro groups is 1. The van der Waals surface area contributed by atoms with Gasteiger partial charge in [-0.3, -0.25) is 10.1 Å². The Bertz CT molecular complexity index is 762. The average Bonchev–Trinajstić information content (AvgIpc) is 2.64. The highest BCUT2D eigenvalue weighted by molar-refractivity contribution is 7.94. The number of sulfonamides is 1. The molecule has 0 bridgehead atoms. The largest absolute Gasteiger partial charge is 0.328 e. The van der Waals surface area contributed by atoms with Gasteiger partial charge in [-0.2, -0.15) is 5.10 Å². The molecule has 1 rings (SSSR count). The van der Waals surface area contributed by atoms with Crippen LogP contribution >= 0.6 is 0 Å². The van der Waals surface area contributed by atoms with Crippen LogP contribution in [0.4, 0.5) is 5.69 Å². The molecular formula is C9H16N4O6S2. The molecule has 0 radical (unpaired) electrons. The highest BCUT2D eigenvalue weighted by atomic mass is 32.2. The SMILES string of the molecule is Cc1nn(C(C)C)c(S(=O)(=O)CCS(N)(=O)=O)c1[N+](=O)[O-]. The summed E-state index contributed by atoms with van der Waals surface area (Å²) in [6.45, 7) is 4.53. The van der Waals surface area contributed by atoms with E-state index in [0.29, 0.717) is 0 Å². The minimum absolute atomic E-state index is 0.0529. The summed E-state index contributed by atoms with van der Waals surface area (Å²) in [5, 5.41) is 19.1. The fourth-order valence-electron chi connectivity index (χ4n) is 1.69. The maximum Gasteiger partial charge on any atom is 0.328 e. The highest BCUT2D eigenvalue weighted by Gasteiger charge is 2.35. The van der Waals surface area contributed by atoms with E-state index in [1.807, 2.05) is 0 Å². The molecule has 2 N–H and O–H groups in total. The van der Waals surface area contributed by atoms with Gasteiger partial charge in [-0.1, -0.05) is 0 Å². The lowest BCUT2D eigenvalue weighted by Crippen LogP contribution is -2.25. The van der Waals surface area contributed by atoms with Crippen LogP contribution in [0, 0.1) is 17.0 Å². The number of hydrogen-bond donors (Lipinski definition) is 1. The third kappa shape index (κ3) is 3.98. The second-order valence-electron chi connectivity index (χ2n) is 4.72. The summed E-state index contributed by atoms with van der Waals surface area (Å²) in [7, 11) is -8.23. The normalized spacial score (nSPS) is 12.8. The van der Waals surface area contributed by atoms with E-state index in [1.165, 1.54) is 6.92 Å². The zero-order valence-electron chi connectivity index (χ0n) is 11.7. The molecule has 0 saturated carbocycles. The van der Waals surface area contributed by atoms with Gasteiger partial charge < -0.3 is 0 Å². The van der Waals surface area contributed by atoms with Crippen LogP contribution < -0.4 is 5.14 Å². The van der Waals surface area contributed by atoms with Gasteiger partial charge in [0.2, 0.25) is 24.9 Å². The van der Waals surface area contributed by atoms with Gasteiger partial charge in [-0.15, -0.1) is 0 Å². The molecule has 0 aliphatic carbocycles. The Morgan fingerprint density at radius 1 is 1.29 bits per heavy atom. The van der Waals surface area contributed by atoms with E-state index in [9.17, 15) is 26.9 Å². The van der Waals surface area contributed by atoms with Crippen LogP contribution in [0.3, 0.4) is 0 Å². The molecule has 0 unspecified atom stereocenters. The van der Waals surface area contributed by atoms with E-state index in [0.717, 1.165) is 4.68 Å². The molecule has 0 atom stereocenters. The predicted octanol–water partition coefficient (Wildman–Crippen LogP) is -0.257. The number of nitrogens with two attached hydrogens (primary N) is 1. The van der Waals surface area contributed by atoms with Crippen molar-refractivity contribution in [3.8, 4) is 0 Å². The highest BCUT2D eigenvalue weighted by Crippen LogP contribution is 2.30. The Morgan fingerprint density at radius 2 is 1.81 bits per heavy atom. The molecule has 1 aromatic heterocycles. The number of aromatic nitrogens is 2. The molecule has 1 aromatic rings. The molecule has 0 aliphatic rings. The van der Waals surface area contributed by atoms with Crippen molar-refractivity contribution in [2.24, 2.45) is 5.14 Å². The summed E-state index contributed by atoms with van der Waals surface area (Å²) in [6.07, 6.45) is 0. The fraction of sp³-hybridized carbons (Fsp3) is 0.667. The van der Waals surface area contributed by atoms with Crippen molar-refractivity contribution in [2.75, 3.05) is 11.5 Å². The van der Waals surface area contributed by atoms with E-state index in [2.05, 4.69) is 5.10 Å². The molecular weight excluding hydrogens is 324 g/mol. The number of aryl methyl sites for hydroxylation is 1. The maximum atomic E-state index is 12.3. The van der Waals surface area contributed by atoms with Crippen molar-refractivity contribution in [3.05, 3.63) is 15.8 Å². The second-order valence-corrected chi connectivity index (χ2v) is 8.48. The first kappa shape index (κ1) is 17.5. The second kappa shape index (κ2) is 5.69. The van der Waals surface area contributed by atoms with Gasteiger partial charge in [-0.05, 0) is 20.8 Å². The Kier molecular flexibility index (Phi) is 4.75. The molecule has 0 aliphatic heterocycles. The third-order valence-electron chi connectivity index (χ3n) is 2.61. The van der Waals surface area contributed by atoms with Crippen LogP contribution in [-0.2, 0) is 19.9 Å². The van der Waals surface area contributed by atoms with E-state index in [-0.39, 0.29) is 5.69 Å². The molecule has 12 heteroatoms. The summed E-state index contributed by atoms with van der Waals surface area (Å²) in [4.78, 5) is 10.2. The minimum Gasteiger partial charge on any atom is -0.258 e. The fourth-order valence-corrected chi connectivity index (χ4v) is 4.74. The Balaban J connectivity index is 3.49. The minimum atomic E-state index is -4.22. The quantitative estimate of drug-likeness (QED) is 0.552. The average molecular weight is 340 g/mol. The van der Waals surface area contributed by atoms with E-state index < -0.39 is 53.0 Å². The van der Waals surface area contributed by atoms with Crippen molar-refractivity contribution in [1.82, 2.24) is 9.78 Å². The summed E-state index contributed by atoms with van der Waals surface area (Å²) in [5.41, 5.74) is -0.694. The summed E-state index contributed by atoms with van der Waals surface area (Å²) in [6, 6.07) is -0.448. The van der Waals surface area contributed by atoms with E-state index in [1.54, 1.807) is 13.8 Å². The lowest BCUT2D eigenvalue weighted by Gasteiger charge is -2.10. The first-order valence-corrected chi connectivity index (χ1v) is 9.20. The number of rotatable bonds is 6. The summed E-state index contributed by atoms with van der Waals surface area (Å²) in [5.74, 6) is -1.67. The van der Waals surface area contributed by atoms with Crippen LogP contribution in [0.25, 0.3) is 0 Å². The lowest BCUT2D eigenvalue weighted by molar-refractivity contribution is -0.388. The molecule has 21 heavy (non-hydrogen) atoms. The first-order valence-electron chi connectivity index (χ1n) is 5.83. The zero-order valence-corrected chi connectivity index (χ0v) is 13.3. The number of sulfone groups is 1. The molecule has 0 fully saturated rings. The van der Waals surface area contributed by atoms with Gasteiger partial charge in [-0.25, -0.2) is 26.7 Å². The zero-order chi connectivity index (χ0) is 16.6. The Labute approximate surface area is 122 Å². The molecule has 10 nitrogen and oxygen atoms in total. The van der Waals surface area contributed by atoms with Gasteiger partial charge in [0.1, 0.15) is 5.69 Å². The monoisotopic (exact) mass is 340 g/mol. The van der Waals surface area contributed by atoms with Crippen LogP contribution in [0.1, 0.15) is 25.6 Å². The van der Waals surface area contributed by atoms with Gasteiger partial charge in [0.25, 0.3) is 0 Å². The van der Waals surface area contributed by atoms with Gasteiger partial charge in [0.05, 0.1) is 16.4 Å². The molecule has 0 amide bonds. The van der Waals surface area contributed by atoms with Crippen molar-refractivity contribution in [1.29, 1.82) is 0 Å². The number of nitrogens with zero attached hydrogens (tertiary/aromatic N) is 3. The number of primary sulfonamides is 1. The van der Waals surface area contributed by atoms with Crippen LogP contribution in [0.2, 0.25) is 0 Å². The van der Waals surface area contributed by atoms with Crippen LogP contribution in [0.15, 0.2) is 5.03 Å². The van der Waals surface area contributed by atoms with Crippen molar-refractivity contribution in [3.63, 3.8) is 0 Å². The van der Waals surface area contributed by atoms with E-state index >= 15 is 0 Å². The predicted molar refractivity (Wildman–Crippen MR) is 74.0 cm³/mol. The smallest absolute Gasteiger partial charge is 0.258 e. The standard InChI is InChI=1S/C9H16N4O6S2/c1-6(2)12-9(8(13(14)15)7(3)11-12)20(16,17)4-5-21(10,18)19/h6H,4-5H2,1-3H3,(H2,10,18,19). The maximum absolute atomic E-state index is 12.3. The Hall–Kier alpha value is -1.53. The molecule has 1 heterocycles. The van der Waals surface area contributed by atoms with E-state index in [4.69, 9.17) is 5.14 Å². The topological polar surface area (TPSA) is 155 Å². The third-order valence-corrected chi connectivity index (χ3v) is 5.36. The molecule has 0 saturated heterocycles. The van der Waals surface area contributed by atoms with Gasteiger partial charge >= 0.3 is 5.69 Å². The van der Waals surface area contributed by atoms with Crippen molar-refractivity contribution >= 4 is 25.5 Å². The Morgan fingerprint density at radius 3 is 2.19 bits per heavy atom. The summed E-state index contributed by atoms with van der Waals surface area (Å²) < 4.78 is 47.3. The first-order chi connectivity index (χ1) is 9.37. The molecule has 0 spiro atoms. The van der Waals surface area contributed by atoms with Gasteiger partial charge in [0, 0.05) is 6.04 Å². The lowest BCUT2D eigenvalue weighted by atomic mass is 10.4. The van der Waals surface area contributed by atoms with Crippen molar-refractivity contribution in [2.45, 2.75) is 31.8 Å². The van der Waals surface area contributed by atoms with Crippen molar-refractivity contribution < 1.29 is 21.8 Å². The molecule has 120 valence electrons. The van der Waals surface area contributed by atoms with Crippen LogP contribution in [-0.4, -0.2) is 43.0 Å². The number of hydrogen-bond acceptors (Lipinski definition) is 7.